The number of anilines is 1. The number of carbonyl (C=O) groups excluding carboxylic acids is 2. The van der Waals surface area contributed by atoms with E-state index in [1.807, 2.05) is 26.0 Å². The van der Waals surface area contributed by atoms with Gasteiger partial charge in [-0.2, -0.15) is 0 Å². The first-order valence-corrected chi connectivity index (χ1v) is 13.0. The normalized spacial score (nSPS) is 18.5. The van der Waals surface area contributed by atoms with E-state index in [2.05, 4.69) is 35.5 Å². The number of allylic oxidation sites excluding steroid dienone is 3. The Bertz CT molecular complexity index is 1110. The van der Waals surface area contributed by atoms with Crippen LogP contribution < -0.4 is 10.6 Å². The van der Waals surface area contributed by atoms with E-state index < -0.39 is 0 Å². The van der Waals surface area contributed by atoms with E-state index in [4.69, 9.17) is 0 Å². The summed E-state index contributed by atoms with van der Waals surface area (Å²) in [6, 6.07) is 5.94. The number of aryl methyl sites for hydroxylation is 2. The molecule has 2 aromatic heterocycles. The highest BCUT2D eigenvalue weighted by atomic mass is 32.2. The van der Waals surface area contributed by atoms with Crippen LogP contribution in [0.5, 0.6) is 0 Å². The number of nitrogens with zero attached hydrogens (tertiary/aromatic N) is 1. The van der Waals surface area contributed by atoms with Crippen LogP contribution in [0.15, 0.2) is 51.1 Å². The van der Waals surface area contributed by atoms with Crippen LogP contribution in [0, 0.1) is 6.92 Å². The minimum absolute atomic E-state index is 0.145. The molecule has 1 aliphatic carbocycles. The van der Waals surface area contributed by atoms with Crippen LogP contribution in [0.25, 0.3) is 0 Å². The average molecular weight is 468 g/mol. The van der Waals surface area contributed by atoms with Crippen molar-refractivity contribution in [2.75, 3.05) is 11.1 Å². The molecule has 3 heterocycles. The van der Waals surface area contributed by atoms with E-state index in [0.717, 1.165) is 53.1 Å². The molecule has 0 saturated carbocycles. The Morgan fingerprint density at radius 3 is 2.78 bits per heavy atom. The van der Waals surface area contributed by atoms with E-state index in [9.17, 15) is 9.59 Å². The molecular weight excluding hydrogens is 438 g/mol. The number of hydrogen-bond donors (Lipinski definition) is 2. The molecule has 168 valence electrons. The van der Waals surface area contributed by atoms with Gasteiger partial charge in [0.05, 0.1) is 4.21 Å². The van der Waals surface area contributed by atoms with Crippen molar-refractivity contribution in [3.63, 3.8) is 0 Å². The number of hydrogen-bond acceptors (Lipinski definition) is 6. The predicted octanol–water partition coefficient (Wildman–Crippen LogP) is 5.73. The molecule has 4 rings (SSSR count). The summed E-state index contributed by atoms with van der Waals surface area (Å²) in [5, 5.41) is 6.37. The third-order valence-electron chi connectivity index (χ3n) is 5.88. The summed E-state index contributed by atoms with van der Waals surface area (Å²) in [5.41, 5.74) is 5.28. The number of dihydropyridines is 1. The smallest absolute Gasteiger partial charge is 0.255 e. The number of pyridine rings is 1. The summed E-state index contributed by atoms with van der Waals surface area (Å²) in [7, 11) is 0. The molecule has 0 spiro atoms. The number of thiophene rings is 1. The van der Waals surface area contributed by atoms with Gasteiger partial charge in [-0.1, -0.05) is 19.9 Å². The fraction of sp³-hybridized carbons (Fsp3) is 0.400. The summed E-state index contributed by atoms with van der Waals surface area (Å²) < 4.78 is 1.20. The monoisotopic (exact) mass is 467 g/mol. The lowest BCUT2D eigenvalue weighted by Gasteiger charge is -2.34. The van der Waals surface area contributed by atoms with Crippen LogP contribution in [0.3, 0.4) is 0 Å². The van der Waals surface area contributed by atoms with E-state index in [0.29, 0.717) is 17.8 Å². The maximum Gasteiger partial charge on any atom is 0.255 e. The largest absolute Gasteiger partial charge is 0.362 e. The molecule has 7 heteroatoms. The Hall–Kier alpha value is -2.38. The van der Waals surface area contributed by atoms with Crippen molar-refractivity contribution >= 4 is 40.6 Å². The Morgan fingerprint density at radius 1 is 1.28 bits per heavy atom. The van der Waals surface area contributed by atoms with Crippen LogP contribution in [0.2, 0.25) is 0 Å². The van der Waals surface area contributed by atoms with E-state index in [1.54, 1.807) is 29.3 Å². The van der Waals surface area contributed by atoms with Crippen LogP contribution in [-0.2, 0) is 16.0 Å². The molecule has 1 aliphatic heterocycles. The molecule has 0 aromatic carbocycles. The number of nitrogens with one attached hydrogen (secondary N) is 2. The zero-order valence-corrected chi connectivity index (χ0v) is 20.6. The van der Waals surface area contributed by atoms with Crippen molar-refractivity contribution in [3.8, 4) is 0 Å². The molecule has 0 bridgehead atoms. The fourth-order valence-electron chi connectivity index (χ4n) is 4.38. The highest BCUT2D eigenvalue weighted by Gasteiger charge is 2.40. The molecule has 32 heavy (non-hydrogen) atoms. The van der Waals surface area contributed by atoms with Gasteiger partial charge >= 0.3 is 0 Å². The minimum atomic E-state index is -0.352. The van der Waals surface area contributed by atoms with Gasteiger partial charge in [0.1, 0.15) is 5.82 Å². The summed E-state index contributed by atoms with van der Waals surface area (Å²) in [6.07, 6.45) is 4.89. The van der Waals surface area contributed by atoms with Gasteiger partial charge < -0.3 is 10.6 Å². The Labute approximate surface area is 197 Å². The summed E-state index contributed by atoms with van der Waals surface area (Å²) >= 11 is 3.57. The van der Waals surface area contributed by atoms with Crippen molar-refractivity contribution in [1.82, 2.24) is 10.3 Å². The first-order chi connectivity index (χ1) is 15.4. The van der Waals surface area contributed by atoms with Crippen molar-refractivity contribution < 1.29 is 9.59 Å². The maximum atomic E-state index is 13.6. The molecule has 0 saturated heterocycles. The van der Waals surface area contributed by atoms with Gasteiger partial charge in [0.25, 0.3) is 5.91 Å². The van der Waals surface area contributed by atoms with E-state index >= 15 is 0 Å². The third-order valence-corrected chi connectivity index (χ3v) is 8.36. The predicted molar refractivity (Wildman–Crippen MR) is 132 cm³/mol. The fourth-order valence-corrected chi connectivity index (χ4v) is 6.76. The Kier molecular flexibility index (Phi) is 6.86. The molecule has 5 nitrogen and oxygen atoms in total. The number of thioether (sulfide) groups is 1. The van der Waals surface area contributed by atoms with Gasteiger partial charge in [-0.3, -0.25) is 9.59 Å². The van der Waals surface area contributed by atoms with Gasteiger partial charge in [0.2, 0.25) is 0 Å². The highest BCUT2D eigenvalue weighted by Crippen LogP contribution is 2.47. The number of Topliss-reactive ketones (excluding diaryl/α,β-unsaturated/α-hetero) is 1. The second kappa shape index (κ2) is 9.63. The summed E-state index contributed by atoms with van der Waals surface area (Å²) in [6.45, 7) is 8.18. The third kappa shape index (κ3) is 4.41. The molecule has 1 amide bonds. The van der Waals surface area contributed by atoms with Crippen LogP contribution in [0.4, 0.5) is 5.82 Å². The summed E-state index contributed by atoms with van der Waals surface area (Å²) in [4.78, 5) is 32.4. The van der Waals surface area contributed by atoms with E-state index in [-0.39, 0.29) is 17.6 Å². The topological polar surface area (TPSA) is 71.1 Å². The number of aromatic nitrogens is 1. The number of rotatable bonds is 6. The first-order valence-electron chi connectivity index (χ1n) is 11.2. The lowest BCUT2D eigenvalue weighted by molar-refractivity contribution is -0.116. The van der Waals surface area contributed by atoms with Crippen molar-refractivity contribution in [1.29, 1.82) is 0 Å². The van der Waals surface area contributed by atoms with Crippen molar-refractivity contribution in [2.45, 2.75) is 63.5 Å². The zero-order chi connectivity index (χ0) is 22.8. The number of amides is 1. The molecule has 0 radical (unpaired) electrons. The summed E-state index contributed by atoms with van der Waals surface area (Å²) in [5.74, 6) is 1.04. The van der Waals surface area contributed by atoms with Gasteiger partial charge in [0.15, 0.2) is 5.78 Å². The number of ketones is 1. The van der Waals surface area contributed by atoms with Crippen molar-refractivity contribution in [2.24, 2.45) is 0 Å². The van der Waals surface area contributed by atoms with Crippen LogP contribution >= 0.6 is 23.1 Å². The van der Waals surface area contributed by atoms with Gasteiger partial charge in [0, 0.05) is 46.0 Å². The van der Waals surface area contributed by atoms with Crippen LogP contribution in [-0.4, -0.2) is 22.4 Å². The van der Waals surface area contributed by atoms with Crippen molar-refractivity contribution in [3.05, 3.63) is 62.9 Å². The van der Waals surface area contributed by atoms with E-state index in [1.165, 1.54) is 9.09 Å². The van der Waals surface area contributed by atoms with Gasteiger partial charge in [-0.25, -0.2) is 4.98 Å². The van der Waals surface area contributed by atoms with Gasteiger partial charge in [-0.05, 0) is 62.1 Å². The molecular formula is C25H29N3O2S2. The zero-order valence-electron chi connectivity index (χ0n) is 19.0. The van der Waals surface area contributed by atoms with Crippen LogP contribution in [0.1, 0.15) is 62.0 Å². The first kappa shape index (κ1) is 22.8. The highest BCUT2D eigenvalue weighted by molar-refractivity contribution is 8.01. The molecule has 2 aliphatic rings. The molecule has 0 fully saturated rings. The number of carbonyl (C=O) groups is 2. The second-order valence-electron chi connectivity index (χ2n) is 8.18. The second-order valence-corrected chi connectivity index (χ2v) is 10.9. The SMILES string of the molecule is CCSc1sc(CC)cc1C1C(C(=O)Nc2ccc(C)cn2)=C(C)NC2=C1C(=O)CCC2. The lowest BCUT2D eigenvalue weighted by Crippen LogP contribution is -2.35. The van der Waals surface area contributed by atoms with Gasteiger partial charge in [-0.15, -0.1) is 23.1 Å². The minimum Gasteiger partial charge on any atom is -0.362 e. The Balaban J connectivity index is 1.82. The Morgan fingerprint density at radius 2 is 2.09 bits per heavy atom. The standard InChI is InChI=1S/C25H29N3O2S2/c1-5-16-12-17(25(32-16)31-6-2)22-21(24(30)28-20-11-10-14(3)13-26-20)15(4)27-18-8-7-9-19(29)23(18)22/h10-13,22,27H,5-9H2,1-4H3,(H,26,28,30). The molecule has 2 N–H and O–H groups in total. The maximum absolute atomic E-state index is 13.6. The quantitative estimate of drug-likeness (QED) is 0.531. The molecule has 2 aromatic rings. The molecule has 1 atom stereocenters. The average Bonchev–Trinajstić information content (AvgIpc) is 3.17. The molecule has 1 unspecified atom stereocenters. The lowest BCUT2D eigenvalue weighted by atomic mass is 9.75.